The van der Waals surface area contributed by atoms with Crippen molar-refractivity contribution in [2.45, 2.75) is 27.2 Å². The Kier molecular flexibility index (Phi) is 5.37. The summed E-state index contributed by atoms with van der Waals surface area (Å²) in [6, 6.07) is 9.76. The van der Waals surface area contributed by atoms with Gasteiger partial charge in [0.1, 0.15) is 23.2 Å². The SMILES string of the molecule is CCNc1cc(Nc2ccc(OCC)cc2)nc(CC)n1. The fourth-order valence-electron chi connectivity index (χ4n) is 1.94. The summed E-state index contributed by atoms with van der Waals surface area (Å²) in [5, 5.41) is 6.52. The normalized spacial score (nSPS) is 10.2. The largest absolute Gasteiger partial charge is 0.494 e. The van der Waals surface area contributed by atoms with Gasteiger partial charge in [0.15, 0.2) is 0 Å². The summed E-state index contributed by atoms with van der Waals surface area (Å²) >= 11 is 0. The molecule has 112 valence electrons. The Morgan fingerprint density at radius 2 is 1.71 bits per heavy atom. The molecule has 0 aliphatic rings. The van der Waals surface area contributed by atoms with E-state index in [0.29, 0.717) is 6.61 Å². The van der Waals surface area contributed by atoms with Gasteiger partial charge in [-0.05, 0) is 38.1 Å². The van der Waals surface area contributed by atoms with Crippen LogP contribution in [0.15, 0.2) is 30.3 Å². The van der Waals surface area contributed by atoms with E-state index in [1.54, 1.807) is 0 Å². The molecular weight excluding hydrogens is 264 g/mol. The Morgan fingerprint density at radius 1 is 1.00 bits per heavy atom. The van der Waals surface area contributed by atoms with E-state index in [2.05, 4.69) is 20.6 Å². The number of ether oxygens (including phenoxy) is 1. The Morgan fingerprint density at radius 3 is 2.33 bits per heavy atom. The summed E-state index contributed by atoms with van der Waals surface area (Å²) < 4.78 is 5.44. The highest BCUT2D eigenvalue weighted by atomic mass is 16.5. The van der Waals surface area contributed by atoms with Crippen LogP contribution in [-0.4, -0.2) is 23.1 Å². The van der Waals surface area contributed by atoms with Crippen molar-refractivity contribution in [2.75, 3.05) is 23.8 Å². The molecule has 0 saturated heterocycles. The van der Waals surface area contributed by atoms with Crippen LogP contribution in [-0.2, 0) is 6.42 Å². The Bertz CT molecular complexity index is 569. The third-order valence-corrected chi connectivity index (χ3v) is 2.88. The summed E-state index contributed by atoms with van der Waals surface area (Å²) in [5.74, 6) is 3.33. The molecule has 0 saturated carbocycles. The minimum absolute atomic E-state index is 0.671. The molecule has 1 aromatic carbocycles. The van der Waals surface area contributed by atoms with Gasteiger partial charge >= 0.3 is 0 Å². The Hall–Kier alpha value is -2.30. The molecule has 0 bridgehead atoms. The number of nitrogens with zero attached hydrogens (tertiary/aromatic N) is 2. The van der Waals surface area contributed by atoms with Crippen molar-refractivity contribution < 1.29 is 4.74 Å². The van der Waals surface area contributed by atoms with Gasteiger partial charge in [0.25, 0.3) is 0 Å². The zero-order valence-corrected chi connectivity index (χ0v) is 12.8. The summed E-state index contributed by atoms with van der Waals surface area (Å²) in [7, 11) is 0. The van der Waals surface area contributed by atoms with Gasteiger partial charge < -0.3 is 15.4 Å². The minimum atomic E-state index is 0.671. The van der Waals surface area contributed by atoms with E-state index in [4.69, 9.17) is 4.74 Å². The van der Waals surface area contributed by atoms with Gasteiger partial charge in [0.2, 0.25) is 0 Å². The number of benzene rings is 1. The van der Waals surface area contributed by atoms with Crippen LogP contribution in [0.1, 0.15) is 26.6 Å². The van der Waals surface area contributed by atoms with Gasteiger partial charge in [0.05, 0.1) is 6.61 Å². The average Bonchev–Trinajstić information content (AvgIpc) is 2.49. The number of rotatable bonds is 7. The smallest absolute Gasteiger partial charge is 0.136 e. The lowest BCUT2D eigenvalue weighted by Crippen LogP contribution is -2.05. The molecule has 5 nitrogen and oxygen atoms in total. The molecule has 1 aromatic heterocycles. The highest BCUT2D eigenvalue weighted by Gasteiger charge is 2.04. The maximum Gasteiger partial charge on any atom is 0.136 e. The van der Waals surface area contributed by atoms with Crippen LogP contribution >= 0.6 is 0 Å². The standard InChI is InChI=1S/C16H22N4O/c1-4-14-19-15(17-5-2)11-16(20-14)18-12-7-9-13(10-8-12)21-6-3/h7-11H,4-6H2,1-3H3,(H2,17,18,19,20). The molecule has 0 atom stereocenters. The van der Waals surface area contributed by atoms with E-state index in [1.165, 1.54) is 0 Å². The fraction of sp³-hybridized carbons (Fsp3) is 0.375. The molecule has 0 amide bonds. The summed E-state index contributed by atoms with van der Waals surface area (Å²) in [6.45, 7) is 7.58. The number of aryl methyl sites for hydroxylation is 1. The van der Waals surface area contributed by atoms with Crippen LogP contribution in [0.25, 0.3) is 0 Å². The van der Waals surface area contributed by atoms with Gasteiger partial charge in [-0.3, -0.25) is 0 Å². The van der Waals surface area contributed by atoms with E-state index < -0.39 is 0 Å². The molecule has 21 heavy (non-hydrogen) atoms. The average molecular weight is 286 g/mol. The molecular formula is C16H22N4O. The molecule has 2 rings (SSSR count). The molecule has 0 fully saturated rings. The second-order valence-corrected chi connectivity index (χ2v) is 4.52. The number of hydrogen-bond acceptors (Lipinski definition) is 5. The van der Waals surface area contributed by atoms with E-state index in [1.807, 2.05) is 51.1 Å². The highest BCUT2D eigenvalue weighted by molar-refractivity contribution is 5.60. The molecule has 0 spiro atoms. The van der Waals surface area contributed by atoms with Gasteiger partial charge in [-0.2, -0.15) is 0 Å². The van der Waals surface area contributed by atoms with Crippen LogP contribution in [0.5, 0.6) is 5.75 Å². The molecule has 1 heterocycles. The van der Waals surface area contributed by atoms with Crippen molar-refractivity contribution >= 4 is 17.3 Å². The van der Waals surface area contributed by atoms with E-state index >= 15 is 0 Å². The van der Waals surface area contributed by atoms with E-state index in [9.17, 15) is 0 Å². The maximum absolute atomic E-state index is 5.44. The van der Waals surface area contributed by atoms with Gasteiger partial charge in [-0.1, -0.05) is 6.92 Å². The van der Waals surface area contributed by atoms with Crippen LogP contribution < -0.4 is 15.4 Å². The first-order valence-electron chi connectivity index (χ1n) is 7.36. The summed E-state index contributed by atoms with van der Waals surface area (Å²) in [5.41, 5.74) is 0.974. The van der Waals surface area contributed by atoms with Crippen molar-refractivity contribution in [1.82, 2.24) is 9.97 Å². The predicted molar refractivity (Wildman–Crippen MR) is 86.5 cm³/mol. The molecule has 0 unspecified atom stereocenters. The molecule has 0 aliphatic carbocycles. The number of nitrogens with one attached hydrogen (secondary N) is 2. The lowest BCUT2D eigenvalue weighted by atomic mass is 10.3. The first kappa shape index (κ1) is 15.1. The van der Waals surface area contributed by atoms with Gasteiger partial charge in [-0.25, -0.2) is 9.97 Å². The zero-order valence-electron chi connectivity index (χ0n) is 12.8. The minimum Gasteiger partial charge on any atom is -0.494 e. The monoisotopic (exact) mass is 286 g/mol. The van der Waals surface area contributed by atoms with Crippen LogP contribution in [0.2, 0.25) is 0 Å². The summed E-state index contributed by atoms with van der Waals surface area (Å²) in [6.07, 6.45) is 0.803. The number of aromatic nitrogens is 2. The molecule has 5 heteroatoms. The Balaban J connectivity index is 2.15. The fourth-order valence-corrected chi connectivity index (χ4v) is 1.94. The third-order valence-electron chi connectivity index (χ3n) is 2.88. The number of anilines is 3. The van der Waals surface area contributed by atoms with Crippen LogP contribution in [0.3, 0.4) is 0 Å². The van der Waals surface area contributed by atoms with Crippen LogP contribution in [0.4, 0.5) is 17.3 Å². The van der Waals surface area contributed by atoms with Crippen molar-refractivity contribution in [3.8, 4) is 5.75 Å². The third kappa shape index (κ3) is 4.34. The van der Waals surface area contributed by atoms with Crippen LogP contribution in [0, 0.1) is 0 Å². The first-order valence-corrected chi connectivity index (χ1v) is 7.36. The summed E-state index contributed by atoms with van der Waals surface area (Å²) in [4.78, 5) is 8.93. The number of hydrogen-bond donors (Lipinski definition) is 2. The highest BCUT2D eigenvalue weighted by Crippen LogP contribution is 2.20. The second kappa shape index (κ2) is 7.47. The topological polar surface area (TPSA) is 59.1 Å². The first-order chi connectivity index (χ1) is 10.2. The van der Waals surface area contributed by atoms with E-state index in [-0.39, 0.29) is 0 Å². The molecule has 0 radical (unpaired) electrons. The predicted octanol–water partition coefficient (Wildman–Crippen LogP) is 3.61. The van der Waals surface area contributed by atoms with Gasteiger partial charge in [0, 0.05) is 24.7 Å². The van der Waals surface area contributed by atoms with E-state index in [0.717, 1.165) is 41.9 Å². The van der Waals surface area contributed by atoms with Crippen molar-refractivity contribution in [1.29, 1.82) is 0 Å². The lowest BCUT2D eigenvalue weighted by Gasteiger charge is -2.10. The lowest BCUT2D eigenvalue weighted by molar-refractivity contribution is 0.340. The van der Waals surface area contributed by atoms with Crippen molar-refractivity contribution in [3.05, 3.63) is 36.2 Å². The Labute approximate surface area is 125 Å². The molecule has 2 N–H and O–H groups in total. The van der Waals surface area contributed by atoms with Gasteiger partial charge in [-0.15, -0.1) is 0 Å². The maximum atomic E-state index is 5.44. The van der Waals surface area contributed by atoms with Crippen molar-refractivity contribution in [3.63, 3.8) is 0 Å². The zero-order chi connectivity index (χ0) is 15.1. The second-order valence-electron chi connectivity index (χ2n) is 4.52. The van der Waals surface area contributed by atoms with Crippen molar-refractivity contribution in [2.24, 2.45) is 0 Å². The molecule has 0 aliphatic heterocycles. The quantitative estimate of drug-likeness (QED) is 0.814. The molecule has 2 aromatic rings.